The fourth-order valence-corrected chi connectivity index (χ4v) is 2.69. The van der Waals surface area contributed by atoms with Crippen molar-refractivity contribution in [2.45, 2.75) is 53.0 Å². The molecule has 126 valence electrons. The third-order valence-electron chi connectivity index (χ3n) is 3.97. The van der Waals surface area contributed by atoms with Crippen molar-refractivity contribution in [3.8, 4) is 0 Å². The number of ether oxygens (including phenoxy) is 1. The molecule has 0 bridgehead atoms. The van der Waals surface area contributed by atoms with Gasteiger partial charge >= 0.3 is 0 Å². The number of allylic oxidation sites excluding steroid dienone is 8. The monoisotopic (exact) mass is 317 g/mol. The van der Waals surface area contributed by atoms with Crippen LogP contribution < -0.4 is 0 Å². The summed E-state index contributed by atoms with van der Waals surface area (Å²) in [6.07, 6.45) is 10.9. The Bertz CT molecular complexity index is 591. The van der Waals surface area contributed by atoms with Crippen molar-refractivity contribution in [3.63, 3.8) is 0 Å². The van der Waals surface area contributed by atoms with Crippen LogP contribution in [-0.2, 0) is 4.74 Å². The highest BCUT2D eigenvalue weighted by atomic mass is 19.1. The first-order valence-corrected chi connectivity index (χ1v) is 8.12. The molecule has 23 heavy (non-hydrogen) atoms. The molecule has 0 aliphatic heterocycles. The van der Waals surface area contributed by atoms with E-state index in [9.17, 15) is 4.39 Å². The van der Waals surface area contributed by atoms with Gasteiger partial charge in [0.15, 0.2) is 5.90 Å². The van der Waals surface area contributed by atoms with E-state index in [-0.39, 0.29) is 5.83 Å². The van der Waals surface area contributed by atoms with Crippen molar-refractivity contribution in [2.24, 2.45) is 4.99 Å². The maximum Gasteiger partial charge on any atom is 0.180 e. The Morgan fingerprint density at radius 3 is 2.74 bits per heavy atom. The van der Waals surface area contributed by atoms with Gasteiger partial charge in [-0.25, -0.2) is 9.38 Å². The molecule has 0 radical (unpaired) electrons. The molecule has 2 nitrogen and oxygen atoms in total. The SMILES string of the molecule is C=C/C=C1/CCC=C(CC)/C1=C\C(C)=C(/F)C(C)N=C(C)OC. The highest BCUT2D eigenvalue weighted by molar-refractivity contribution is 5.73. The molecule has 0 amide bonds. The standard InChI is InChI=1S/C20H28FNO/c1-7-10-18-12-9-11-17(8-2)19(18)13-14(3)20(21)15(4)22-16(5)23-6/h7,10-11,13,15H,1,8-9,12H2,2-6H3/b18-10-,19-13+,20-14-,22-16?. The largest absolute Gasteiger partial charge is 0.484 e. The number of rotatable bonds is 5. The minimum Gasteiger partial charge on any atom is -0.484 e. The first-order valence-electron chi connectivity index (χ1n) is 8.12. The average Bonchev–Trinajstić information content (AvgIpc) is 2.55. The van der Waals surface area contributed by atoms with E-state index in [1.54, 1.807) is 26.8 Å². The fraction of sp³-hybridized carbons (Fsp3) is 0.450. The Hall–Kier alpha value is -1.90. The van der Waals surface area contributed by atoms with Gasteiger partial charge in [-0.1, -0.05) is 31.7 Å². The second-order valence-electron chi connectivity index (χ2n) is 5.67. The fourth-order valence-electron chi connectivity index (χ4n) is 2.69. The summed E-state index contributed by atoms with van der Waals surface area (Å²) in [6.45, 7) is 11.2. The van der Waals surface area contributed by atoms with E-state index in [0.29, 0.717) is 11.5 Å². The Kier molecular flexibility index (Phi) is 7.73. The first-order chi connectivity index (χ1) is 10.9. The van der Waals surface area contributed by atoms with Crippen LogP contribution in [0.15, 0.2) is 64.0 Å². The number of methoxy groups -OCH3 is 1. The van der Waals surface area contributed by atoms with Gasteiger partial charge in [-0.2, -0.15) is 0 Å². The normalized spacial score (nSPS) is 21.8. The van der Waals surface area contributed by atoms with Crippen molar-refractivity contribution >= 4 is 5.90 Å². The van der Waals surface area contributed by atoms with Crippen molar-refractivity contribution in [1.82, 2.24) is 0 Å². The third-order valence-corrected chi connectivity index (χ3v) is 3.97. The van der Waals surface area contributed by atoms with E-state index >= 15 is 0 Å². The van der Waals surface area contributed by atoms with Crippen molar-refractivity contribution in [2.75, 3.05) is 7.11 Å². The van der Waals surface area contributed by atoms with Crippen molar-refractivity contribution in [1.29, 1.82) is 0 Å². The Morgan fingerprint density at radius 2 is 2.17 bits per heavy atom. The van der Waals surface area contributed by atoms with E-state index in [2.05, 4.69) is 24.6 Å². The van der Waals surface area contributed by atoms with Gasteiger partial charge in [0.25, 0.3) is 0 Å². The highest BCUT2D eigenvalue weighted by Crippen LogP contribution is 2.33. The molecule has 1 aliphatic rings. The molecule has 0 saturated carbocycles. The van der Waals surface area contributed by atoms with Gasteiger partial charge in [0.05, 0.1) is 7.11 Å². The molecule has 1 aliphatic carbocycles. The van der Waals surface area contributed by atoms with Gasteiger partial charge in [-0.3, -0.25) is 0 Å². The minimum absolute atomic E-state index is 0.229. The summed E-state index contributed by atoms with van der Waals surface area (Å²) in [7, 11) is 1.54. The smallest absolute Gasteiger partial charge is 0.180 e. The van der Waals surface area contributed by atoms with Gasteiger partial charge in [-0.15, -0.1) is 0 Å². The topological polar surface area (TPSA) is 21.6 Å². The van der Waals surface area contributed by atoms with Crippen LogP contribution in [0.5, 0.6) is 0 Å². The maximum atomic E-state index is 14.6. The number of halogens is 1. The summed E-state index contributed by atoms with van der Waals surface area (Å²) in [5, 5.41) is 0. The molecule has 1 atom stereocenters. The predicted octanol–water partition coefficient (Wildman–Crippen LogP) is 5.85. The average molecular weight is 317 g/mol. The van der Waals surface area contributed by atoms with Crippen LogP contribution in [0.2, 0.25) is 0 Å². The predicted molar refractivity (Wildman–Crippen MR) is 97.4 cm³/mol. The molecular formula is C20H28FNO. The lowest BCUT2D eigenvalue weighted by molar-refractivity contribution is 0.393. The van der Waals surface area contributed by atoms with Crippen LogP contribution in [0.4, 0.5) is 4.39 Å². The summed E-state index contributed by atoms with van der Waals surface area (Å²) in [5.41, 5.74) is 4.21. The molecule has 3 heteroatoms. The van der Waals surface area contributed by atoms with Gasteiger partial charge in [0, 0.05) is 6.92 Å². The number of hydrogen-bond donors (Lipinski definition) is 0. The molecule has 0 aromatic heterocycles. The highest BCUT2D eigenvalue weighted by Gasteiger charge is 2.16. The number of nitrogens with zero attached hydrogens (tertiary/aromatic N) is 1. The van der Waals surface area contributed by atoms with E-state index < -0.39 is 6.04 Å². The zero-order valence-corrected chi connectivity index (χ0v) is 14.9. The molecule has 1 unspecified atom stereocenters. The molecule has 0 heterocycles. The lowest BCUT2D eigenvalue weighted by Crippen LogP contribution is -2.07. The van der Waals surface area contributed by atoms with Crippen molar-refractivity contribution in [3.05, 3.63) is 59.0 Å². The Morgan fingerprint density at radius 1 is 1.48 bits per heavy atom. The van der Waals surface area contributed by atoms with Gasteiger partial charge in [0.1, 0.15) is 11.9 Å². The molecule has 0 saturated heterocycles. The number of aliphatic imine (C=N–C) groups is 1. The molecule has 0 fully saturated rings. The van der Waals surface area contributed by atoms with Crippen LogP contribution in [0.25, 0.3) is 0 Å². The quantitative estimate of drug-likeness (QED) is 0.460. The summed E-state index contributed by atoms with van der Waals surface area (Å²) in [6, 6.07) is -0.545. The zero-order chi connectivity index (χ0) is 17.4. The Labute approximate surface area is 139 Å². The van der Waals surface area contributed by atoms with E-state index in [0.717, 1.165) is 24.8 Å². The molecule has 0 aromatic carbocycles. The summed E-state index contributed by atoms with van der Waals surface area (Å²) >= 11 is 0. The van der Waals surface area contributed by atoms with Crippen LogP contribution in [0, 0.1) is 0 Å². The molecule has 0 aromatic rings. The summed E-state index contributed by atoms with van der Waals surface area (Å²) in [4.78, 5) is 4.19. The molecular weight excluding hydrogens is 289 g/mol. The second-order valence-corrected chi connectivity index (χ2v) is 5.67. The lowest BCUT2D eigenvalue weighted by Gasteiger charge is -2.20. The van der Waals surface area contributed by atoms with Crippen LogP contribution in [-0.4, -0.2) is 19.0 Å². The van der Waals surface area contributed by atoms with Crippen LogP contribution in [0.1, 0.15) is 47.0 Å². The summed E-state index contributed by atoms with van der Waals surface area (Å²) < 4.78 is 19.6. The molecule has 0 spiro atoms. The molecule has 1 rings (SSSR count). The molecule has 0 N–H and O–H groups in total. The van der Waals surface area contributed by atoms with E-state index in [1.165, 1.54) is 18.3 Å². The maximum absolute atomic E-state index is 14.6. The lowest BCUT2D eigenvalue weighted by atomic mass is 9.85. The minimum atomic E-state index is -0.545. The van der Waals surface area contributed by atoms with E-state index in [4.69, 9.17) is 4.74 Å². The van der Waals surface area contributed by atoms with Gasteiger partial charge in [-0.05, 0) is 61.5 Å². The summed E-state index contributed by atoms with van der Waals surface area (Å²) in [5.74, 6) is 0.250. The first kappa shape index (κ1) is 19.1. The van der Waals surface area contributed by atoms with Crippen LogP contribution >= 0.6 is 0 Å². The zero-order valence-electron chi connectivity index (χ0n) is 14.9. The van der Waals surface area contributed by atoms with Gasteiger partial charge in [0.2, 0.25) is 0 Å². The Balaban J connectivity index is 3.24. The van der Waals surface area contributed by atoms with Crippen LogP contribution in [0.3, 0.4) is 0 Å². The third kappa shape index (κ3) is 5.34. The van der Waals surface area contributed by atoms with E-state index in [1.807, 2.05) is 12.2 Å². The van der Waals surface area contributed by atoms with Gasteiger partial charge < -0.3 is 4.74 Å². The van der Waals surface area contributed by atoms with Crippen molar-refractivity contribution < 1.29 is 9.13 Å². The second kappa shape index (κ2) is 9.29. The number of hydrogen-bond acceptors (Lipinski definition) is 2.